The number of piperidine rings is 3. The van der Waals surface area contributed by atoms with Gasteiger partial charge in [0.05, 0.1) is 5.69 Å². The summed E-state index contributed by atoms with van der Waals surface area (Å²) in [6, 6.07) is 5.80. The standard InChI is InChI=1S/C21H27N5O2.2ClH/c27-19-6-3-4-17-14-10-15(12-22-11-14)20(26(17)19)21(28)23-8-7-16-13-25-9-2-1-5-18(25)24-16;;/h1-2,5,9,13-15,17,20,22H,3-4,6-8,10-12H2,(H,23,28);2*1H/t14-,15+,17+,20-;;/m1../s1. The number of carbonyl (C=O) groups is 2. The number of nitrogens with one attached hydrogen (secondary N) is 2. The van der Waals surface area contributed by atoms with Crippen molar-refractivity contribution < 1.29 is 9.59 Å². The SMILES string of the molecule is Cl.Cl.O=C(NCCc1cn2ccccc2n1)[C@H]1[C@@H]2CNC[C@@H](C2)[C@@H]2CCCC(=O)N21. The predicted molar refractivity (Wildman–Crippen MR) is 119 cm³/mol. The molecule has 7 nitrogen and oxygen atoms in total. The van der Waals surface area contributed by atoms with Gasteiger partial charge in [0.25, 0.3) is 0 Å². The maximum absolute atomic E-state index is 13.1. The molecule has 0 radical (unpaired) electrons. The molecule has 2 amide bonds. The summed E-state index contributed by atoms with van der Waals surface area (Å²) in [6.45, 7) is 2.32. The lowest BCUT2D eigenvalue weighted by Gasteiger charge is -2.53. The normalized spacial score (nSPS) is 27.6. The zero-order chi connectivity index (χ0) is 19.1. The third-order valence-electron chi connectivity index (χ3n) is 6.61. The summed E-state index contributed by atoms with van der Waals surface area (Å²) in [5, 5.41) is 6.58. The van der Waals surface area contributed by atoms with Crippen LogP contribution >= 0.6 is 24.8 Å². The molecule has 0 saturated carbocycles. The van der Waals surface area contributed by atoms with Gasteiger partial charge in [-0.1, -0.05) is 6.07 Å². The molecular formula is C21H29Cl2N5O2. The van der Waals surface area contributed by atoms with Crippen molar-refractivity contribution in [3.05, 3.63) is 36.3 Å². The summed E-state index contributed by atoms with van der Waals surface area (Å²) in [7, 11) is 0. The van der Waals surface area contributed by atoms with E-state index in [0.29, 0.717) is 25.3 Å². The van der Waals surface area contributed by atoms with Crippen molar-refractivity contribution in [3.63, 3.8) is 0 Å². The lowest BCUT2D eigenvalue weighted by Crippen LogP contribution is -2.68. The minimum Gasteiger partial charge on any atom is -0.354 e. The molecule has 4 atom stereocenters. The van der Waals surface area contributed by atoms with Crippen LogP contribution in [0.25, 0.3) is 5.65 Å². The van der Waals surface area contributed by atoms with E-state index in [9.17, 15) is 9.59 Å². The lowest BCUT2D eigenvalue weighted by atomic mass is 9.72. The van der Waals surface area contributed by atoms with Gasteiger partial charge in [0.2, 0.25) is 11.8 Å². The molecule has 2 aromatic heterocycles. The van der Waals surface area contributed by atoms with Gasteiger partial charge in [-0.2, -0.15) is 0 Å². The molecule has 0 spiro atoms. The van der Waals surface area contributed by atoms with Crippen molar-refractivity contribution in [1.82, 2.24) is 24.9 Å². The summed E-state index contributed by atoms with van der Waals surface area (Å²) in [6.07, 6.45) is 8.26. The van der Waals surface area contributed by atoms with Crippen molar-refractivity contribution >= 4 is 42.3 Å². The Morgan fingerprint density at radius 3 is 2.90 bits per heavy atom. The van der Waals surface area contributed by atoms with Crippen LogP contribution in [0.15, 0.2) is 30.6 Å². The topological polar surface area (TPSA) is 78.7 Å². The molecule has 2 bridgehead atoms. The molecule has 3 aliphatic rings. The molecule has 164 valence electrons. The van der Waals surface area contributed by atoms with Crippen molar-refractivity contribution in [2.45, 2.75) is 44.2 Å². The summed E-state index contributed by atoms with van der Waals surface area (Å²) >= 11 is 0. The van der Waals surface area contributed by atoms with Crippen molar-refractivity contribution in [1.29, 1.82) is 0 Å². The molecule has 0 aromatic carbocycles. The van der Waals surface area contributed by atoms with E-state index in [1.807, 2.05) is 39.9 Å². The molecule has 5 rings (SSSR count). The summed E-state index contributed by atoms with van der Waals surface area (Å²) < 4.78 is 1.99. The average Bonchev–Trinajstić information content (AvgIpc) is 3.12. The number of amides is 2. The van der Waals surface area contributed by atoms with E-state index in [0.717, 1.165) is 43.7 Å². The van der Waals surface area contributed by atoms with Gasteiger partial charge in [0.15, 0.2) is 0 Å². The van der Waals surface area contributed by atoms with E-state index in [1.54, 1.807) is 0 Å². The van der Waals surface area contributed by atoms with E-state index >= 15 is 0 Å². The molecular weight excluding hydrogens is 425 g/mol. The highest BCUT2D eigenvalue weighted by Crippen LogP contribution is 2.39. The van der Waals surface area contributed by atoms with Crippen LogP contribution in [0, 0.1) is 11.8 Å². The minimum atomic E-state index is -0.331. The second kappa shape index (κ2) is 9.54. The quantitative estimate of drug-likeness (QED) is 0.739. The number of nitrogens with zero attached hydrogens (tertiary/aromatic N) is 3. The first-order valence-electron chi connectivity index (χ1n) is 10.4. The van der Waals surface area contributed by atoms with Crippen LogP contribution in [0.2, 0.25) is 0 Å². The highest BCUT2D eigenvalue weighted by Gasteiger charge is 2.50. The van der Waals surface area contributed by atoms with E-state index in [1.165, 1.54) is 0 Å². The summed E-state index contributed by atoms with van der Waals surface area (Å²) in [4.78, 5) is 32.3. The Morgan fingerprint density at radius 2 is 2.07 bits per heavy atom. The zero-order valence-electron chi connectivity index (χ0n) is 16.8. The number of aromatic nitrogens is 2. The first-order chi connectivity index (χ1) is 13.7. The molecule has 2 N–H and O–H groups in total. The Bertz CT molecular complexity index is 871. The van der Waals surface area contributed by atoms with Gasteiger partial charge in [-0.3, -0.25) is 9.59 Å². The molecule has 3 aliphatic heterocycles. The Kier molecular flexibility index (Phi) is 7.26. The Balaban J connectivity index is 0.00000128. The van der Waals surface area contributed by atoms with Crippen LogP contribution in [0.1, 0.15) is 31.4 Å². The molecule has 0 unspecified atom stereocenters. The fourth-order valence-electron chi connectivity index (χ4n) is 5.38. The van der Waals surface area contributed by atoms with E-state index in [-0.39, 0.29) is 54.6 Å². The number of pyridine rings is 1. The van der Waals surface area contributed by atoms with Crippen LogP contribution < -0.4 is 10.6 Å². The zero-order valence-corrected chi connectivity index (χ0v) is 18.5. The molecule has 30 heavy (non-hydrogen) atoms. The monoisotopic (exact) mass is 453 g/mol. The van der Waals surface area contributed by atoms with Gasteiger partial charge in [0, 0.05) is 50.3 Å². The first kappa shape index (κ1) is 22.8. The number of halogens is 2. The number of carbonyl (C=O) groups excluding carboxylic acids is 2. The van der Waals surface area contributed by atoms with Crippen LogP contribution in [0.5, 0.6) is 0 Å². The maximum Gasteiger partial charge on any atom is 0.243 e. The summed E-state index contributed by atoms with van der Waals surface area (Å²) in [5.41, 5.74) is 1.87. The highest BCUT2D eigenvalue weighted by atomic mass is 35.5. The van der Waals surface area contributed by atoms with Crippen molar-refractivity contribution in [2.75, 3.05) is 19.6 Å². The number of fused-ring (bicyclic) bond motifs is 5. The largest absolute Gasteiger partial charge is 0.354 e. The molecule has 0 aliphatic carbocycles. The number of rotatable bonds is 4. The molecule has 5 heterocycles. The third kappa shape index (κ3) is 4.15. The van der Waals surface area contributed by atoms with Gasteiger partial charge in [0.1, 0.15) is 11.7 Å². The van der Waals surface area contributed by atoms with E-state index in [2.05, 4.69) is 15.6 Å². The Hall–Kier alpha value is -1.83. The smallest absolute Gasteiger partial charge is 0.243 e. The van der Waals surface area contributed by atoms with E-state index in [4.69, 9.17) is 0 Å². The second-order valence-corrected chi connectivity index (χ2v) is 8.36. The molecule has 3 saturated heterocycles. The predicted octanol–water partition coefficient (Wildman–Crippen LogP) is 1.83. The van der Waals surface area contributed by atoms with Gasteiger partial charge < -0.3 is 19.9 Å². The third-order valence-corrected chi connectivity index (χ3v) is 6.61. The van der Waals surface area contributed by atoms with E-state index < -0.39 is 0 Å². The average molecular weight is 454 g/mol. The van der Waals surface area contributed by atoms with Gasteiger partial charge in [-0.25, -0.2) is 4.98 Å². The number of hydrogen-bond acceptors (Lipinski definition) is 4. The molecule has 9 heteroatoms. The van der Waals surface area contributed by atoms with Crippen LogP contribution in [0.3, 0.4) is 0 Å². The van der Waals surface area contributed by atoms with Crippen LogP contribution in [0.4, 0.5) is 0 Å². The van der Waals surface area contributed by atoms with Gasteiger partial charge in [-0.05, 0) is 43.9 Å². The van der Waals surface area contributed by atoms with Crippen LogP contribution in [-0.4, -0.2) is 57.8 Å². The van der Waals surface area contributed by atoms with Crippen LogP contribution in [-0.2, 0) is 16.0 Å². The molecule has 2 aromatic rings. The minimum absolute atomic E-state index is 0. The maximum atomic E-state index is 13.1. The Morgan fingerprint density at radius 1 is 1.23 bits per heavy atom. The van der Waals surface area contributed by atoms with Crippen molar-refractivity contribution in [3.8, 4) is 0 Å². The fraction of sp³-hybridized carbons (Fsp3) is 0.571. The fourth-order valence-corrected chi connectivity index (χ4v) is 5.38. The molecule has 3 fully saturated rings. The lowest BCUT2D eigenvalue weighted by molar-refractivity contribution is -0.157. The van der Waals surface area contributed by atoms with Crippen molar-refractivity contribution in [2.24, 2.45) is 11.8 Å². The summed E-state index contributed by atoms with van der Waals surface area (Å²) in [5.74, 6) is 0.863. The second-order valence-electron chi connectivity index (χ2n) is 8.36. The number of imidazole rings is 1. The number of hydrogen-bond donors (Lipinski definition) is 2. The van der Waals surface area contributed by atoms with Gasteiger partial charge >= 0.3 is 0 Å². The first-order valence-corrected chi connectivity index (χ1v) is 10.4. The highest BCUT2D eigenvalue weighted by molar-refractivity contribution is 5.89. The Labute approximate surface area is 188 Å². The van der Waals surface area contributed by atoms with Gasteiger partial charge in [-0.15, -0.1) is 24.8 Å².